The van der Waals surface area contributed by atoms with E-state index < -0.39 is 277 Å². The van der Waals surface area contributed by atoms with Crippen LogP contribution in [0.1, 0.15) is 55.4 Å². The minimum atomic E-state index is -2.10. The van der Waals surface area contributed by atoms with Crippen LogP contribution in [-0.4, -0.2) is 318 Å². The van der Waals surface area contributed by atoms with Crippen LogP contribution in [0.3, 0.4) is 0 Å². The molecule has 0 aromatic heterocycles. The summed E-state index contributed by atoms with van der Waals surface area (Å²) in [7, 11) is 0. The molecule has 0 aromatic carbocycles. The maximum atomic E-state index is 12.6. The average Bonchev–Trinajstić information content (AvgIpc) is 0.770. The molecule has 9 unspecified atom stereocenters. The van der Waals surface area contributed by atoms with Gasteiger partial charge in [0.15, 0.2) is 12.6 Å². The Bertz CT molecular complexity index is 2850. The number of ether oxygens (including phenoxy) is 19. The monoisotopic (exact) mass is 1480 g/mol. The van der Waals surface area contributed by atoms with E-state index in [0.717, 1.165) is 0 Å². The van der Waals surface area contributed by atoms with E-state index in [1.54, 1.807) is 0 Å². The summed E-state index contributed by atoms with van der Waals surface area (Å²) in [5.41, 5.74) is -0.296. The molecule has 2 heterocycles. The fraction of sp³-hybridized carbons (Fsp3) is 0.647. The van der Waals surface area contributed by atoms with Crippen LogP contribution in [0.15, 0.2) is 97.2 Å². The molecular formula is C68H102O35. The summed E-state index contributed by atoms with van der Waals surface area (Å²) in [5.74, 6) is -7.20. The zero-order valence-electron chi connectivity index (χ0n) is 59.4. The van der Waals surface area contributed by atoms with Crippen LogP contribution in [0, 0.1) is 0 Å². The Morgan fingerprint density at radius 2 is 0.456 bits per heavy atom. The topological polar surface area (TPSA) is 474 Å². The number of carbonyl (C=O) groups is 8. The van der Waals surface area contributed by atoms with Crippen molar-refractivity contribution >= 4 is 47.8 Å². The summed E-state index contributed by atoms with van der Waals surface area (Å²) in [6, 6.07) is 0. The van der Waals surface area contributed by atoms with Crippen LogP contribution >= 0.6 is 0 Å². The van der Waals surface area contributed by atoms with Gasteiger partial charge in [-0.05, 0) is 55.4 Å². The lowest BCUT2D eigenvalue weighted by Gasteiger charge is -2.50. The van der Waals surface area contributed by atoms with Crippen molar-refractivity contribution in [2.75, 3.05) is 119 Å². The van der Waals surface area contributed by atoms with Crippen LogP contribution in [-0.2, 0) is 128 Å². The Morgan fingerprint density at radius 1 is 0.262 bits per heavy atom. The van der Waals surface area contributed by atoms with Gasteiger partial charge >= 0.3 is 47.8 Å². The van der Waals surface area contributed by atoms with Gasteiger partial charge in [0.2, 0.25) is 0 Å². The highest BCUT2D eigenvalue weighted by Crippen LogP contribution is 2.36. The number of aliphatic hydroxyl groups excluding tert-OH is 8. The molecule has 0 saturated carbocycles. The fourth-order valence-corrected chi connectivity index (χ4v) is 8.22. The molecule has 0 radical (unpaired) electrons. The second-order valence-corrected chi connectivity index (χ2v) is 24.3. The quantitative estimate of drug-likeness (QED) is 0.0198. The maximum absolute atomic E-state index is 12.6. The Morgan fingerprint density at radius 3 is 0.718 bits per heavy atom. The lowest BCUT2D eigenvalue weighted by Crippen LogP contribution is -2.67. The largest absolute Gasteiger partial charge is 0.460 e. The van der Waals surface area contributed by atoms with Crippen LogP contribution in [0.4, 0.5) is 0 Å². The molecule has 35 nitrogen and oxygen atoms in total. The third kappa shape index (κ3) is 36.0. The van der Waals surface area contributed by atoms with Crippen molar-refractivity contribution in [1.29, 1.82) is 0 Å². The summed E-state index contributed by atoms with van der Waals surface area (Å²) in [6.45, 7) is 25.7. The predicted molar refractivity (Wildman–Crippen MR) is 353 cm³/mol. The second kappa shape index (κ2) is 48.1. The van der Waals surface area contributed by atoms with Crippen molar-refractivity contribution in [3.05, 3.63) is 97.2 Å². The second-order valence-electron chi connectivity index (χ2n) is 24.3. The van der Waals surface area contributed by atoms with E-state index in [9.17, 15) is 79.2 Å². The van der Waals surface area contributed by atoms with Crippen LogP contribution in [0.25, 0.3) is 0 Å². The van der Waals surface area contributed by atoms with Gasteiger partial charge in [0.05, 0.1) is 66.1 Å². The van der Waals surface area contributed by atoms with Crippen molar-refractivity contribution in [2.45, 2.75) is 166 Å². The average molecular weight is 1480 g/mol. The summed E-state index contributed by atoms with van der Waals surface area (Å²) in [4.78, 5) is 99.9. The van der Waals surface area contributed by atoms with Gasteiger partial charge in [-0.1, -0.05) is 52.6 Å². The summed E-state index contributed by atoms with van der Waals surface area (Å²) in [6.07, 6.45) is -31.7. The Balaban J connectivity index is 3.26. The van der Waals surface area contributed by atoms with Gasteiger partial charge in [-0.15, -0.1) is 0 Å². The van der Waals surface area contributed by atoms with E-state index in [4.69, 9.17) is 90.0 Å². The van der Waals surface area contributed by atoms with E-state index in [2.05, 4.69) is 52.6 Å². The number of hydrogen-bond donors (Lipinski definition) is 8. The van der Waals surface area contributed by atoms with Crippen LogP contribution < -0.4 is 0 Å². The molecule has 0 bridgehead atoms. The van der Waals surface area contributed by atoms with Crippen LogP contribution in [0.5, 0.6) is 0 Å². The van der Waals surface area contributed by atoms with Crippen molar-refractivity contribution in [3.63, 3.8) is 0 Å². The van der Waals surface area contributed by atoms with Gasteiger partial charge in [0.25, 0.3) is 0 Å². The molecule has 0 aliphatic carbocycles. The fourth-order valence-electron chi connectivity index (χ4n) is 8.22. The molecule has 2 fully saturated rings. The Hall–Kier alpha value is -7.08. The maximum Gasteiger partial charge on any atom is 0.333 e. The Kier molecular flexibility index (Phi) is 43.0. The lowest BCUT2D eigenvalue weighted by atomic mass is 9.95. The number of aliphatic hydroxyl groups is 8. The minimum Gasteiger partial charge on any atom is -0.460 e. The predicted octanol–water partition coefficient (Wildman–Crippen LogP) is -1.36. The first-order valence-corrected chi connectivity index (χ1v) is 32.2. The Labute approximate surface area is 596 Å². The third-order valence-corrected chi connectivity index (χ3v) is 13.6. The molecule has 584 valence electrons. The van der Waals surface area contributed by atoms with Gasteiger partial charge in [0, 0.05) is 44.6 Å². The van der Waals surface area contributed by atoms with Crippen molar-refractivity contribution in [3.8, 4) is 0 Å². The van der Waals surface area contributed by atoms with Gasteiger partial charge in [-0.25, -0.2) is 38.4 Å². The minimum absolute atomic E-state index is 0.00402. The molecule has 0 amide bonds. The van der Waals surface area contributed by atoms with Crippen molar-refractivity contribution < 1.29 is 169 Å². The molecule has 2 saturated heterocycles. The zero-order chi connectivity index (χ0) is 77.8. The molecule has 103 heavy (non-hydrogen) atoms. The first-order chi connectivity index (χ1) is 48.3. The number of esters is 8. The molecule has 2 aliphatic heterocycles. The molecule has 0 aromatic rings. The zero-order valence-corrected chi connectivity index (χ0v) is 59.4. The van der Waals surface area contributed by atoms with E-state index in [1.807, 2.05) is 0 Å². The number of hydrogen-bond acceptors (Lipinski definition) is 35. The van der Waals surface area contributed by atoms with E-state index in [0.29, 0.717) is 0 Å². The number of carbonyl (C=O) groups excluding carboxylic acids is 8. The normalized spacial score (nSPS) is 22.5. The molecule has 2 aliphatic rings. The van der Waals surface area contributed by atoms with Crippen molar-refractivity contribution in [1.82, 2.24) is 0 Å². The van der Waals surface area contributed by atoms with Gasteiger partial charge in [0.1, 0.15) is 151 Å². The molecule has 35 heteroatoms. The SMILES string of the molecule is C=C(C)C(=O)OCC(O)COC[C@H]1O[C@@H](O[C@H]2[C@H](OCC(O)COC(=O)C(=C)C)[C@@H](OCC(O)COC(=O)C(=C)C)C(OCC(O)COC(=O)C(=C)C)O[C@@H]2COCC(O)COC(=O)C(=C)C)[C@H](OCC(O)COC(=O)C(=C)C)[C@@H](OCC(O)COC(=O)C(=C)C)[C@H]1OCC(O)COC(=O)C(=C)C. The smallest absolute Gasteiger partial charge is 0.333 e. The van der Waals surface area contributed by atoms with E-state index in [-0.39, 0.29) is 44.6 Å². The van der Waals surface area contributed by atoms with Crippen molar-refractivity contribution in [2.24, 2.45) is 0 Å². The van der Waals surface area contributed by atoms with Gasteiger partial charge in [-0.2, -0.15) is 0 Å². The summed E-state index contributed by atoms with van der Waals surface area (Å²) < 4.78 is 112. The lowest BCUT2D eigenvalue weighted by molar-refractivity contribution is -0.378. The molecule has 2 rings (SSSR count). The molecule has 0 spiro atoms. The number of rotatable bonds is 52. The standard InChI is InChI=1S/C68H102O35/c1-35(2)59(77)92-24-43(69)17-85-33-51-53(87-19-45(71)26-94-61(79)37(5)6)55(88-20-46(72)27-95-62(80)38(7)8)58(91-23-49(75)30-98-65(83)41(13)14)68(102-51)103-54-52(34-86-18-44(70)25-93-60(78)36(3)4)101-67(100-32-50(76)31-99-66(84)42(15)16)57(90-22-48(74)29-97-64(82)40(11)12)56(54)89-21-47(73)28-96-63(81)39(9)10/h43-58,67-76H,1,3,5,7,9,11,13,15,17-34H2,2,4,6,8,10,12,14,16H3/t43?,44?,45?,46?,47?,48?,49?,50?,51-,52-,53+,54-,55+,56+,57-,58-,67?,68+/m1/s1. The van der Waals surface area contributed by atoms with Crippen LogP contribution in [0.2, 0.25) is 0 Å². The molecule has 8 N–H and O–H groups in total. The summed E-state index contributed by atoms with van der Waals surface area (Å²) in [5, 5.41) is 90.2. The van der Waals surface area contributed by atoms with Gasteiger partial charge in [-0.3, -0.25) is 0 Å². The first-order valence-electron chi connectivity index (χ1n) is 32.2. The highest BCUT2D eigenvalue weighted by Gasteiger charge is 2.55. The van der Waals surface area contributed by atoms with E-state index >= 15 is 0 Å². The molecule has 18 atom stereocenters. The molecular weight excluding hydrogens is 1380 g/mol. The van der Waals surface area contributed by atoms with E-state index in [1.165, 1.54) is 55.4 Å². The summed E-state index contributed by atoms with van der Waals surface area (Å²) >= 11 is 0. The first kappa shape index (κ1) is 92.0. The third-order valence-electron chi connectivity index (χ3n) is 13.6. The highest BCUT2D eigenvalue weighted by atomic mass is 16.8. The highest BCUT2D eigenvalue weighted by molar-refractivity contribution is 5.89. The van der Waals surface area contributed by atoms with Gasteiger partial charge < -0.3 is 131 Å².